The van der Waals surface area contributed by atoms with Gasteiger partial charge in [0.05, 0.1) is 6.61 Å². The number of hydrogen-bond acceptors (Lipinski definition) is 3. The van der Waals surface area contributed by atoms with Crippen molar-refractivity contribution in [3.63, 3.8) is 0 Å². The molecule has 1 amide bonds. The molecule has 0 aliphatic heterocycles. The Morgan fingerprint density at radius 3 is 1.91 bits per heavy atom. The molecule has 0 spiro atoms. The molecule has 0 bridgehead atoms. The standard InChI is InChI=1S/C18H35NO3/c1-3-5-7-8-9-10-11-12-13-14-17(20)19-16-18(21)22-15-6-4-2/h3-16H2,1-2H3,(H,19,20). The van der Waals surface area contributed by atoms with Gasteiger partial charge in [0, 0.05) is 6.42 Å². The van der Waals surface area contributed by atoms with E-state index < -0.39 is 0 Å². The summed E-state index contributed by atoms with van der Waals surface area (Å²) >= 11 is 0. The molecular weight excluding hydrogens is 278 g/mol. The summed E-state index contributed by atoms with van der Waals surface area (Å²) < 4.78 is 4.98. The first-order valence-corrected chi connectivity index (χ1v) is 9.13. The van der Waals surface area contributed by atoms with Gasteiger partial charge in [0.25, 0.3) is 0 Å². The number of amides is 1. The molecule has 1 N–H and O–H groups in total. The second kappa shape index (κ2) is 16.3. The fraction of sp³-hybridized carbons (Fsp3) is 0.889. The van der Waals surface area contributed by atoms with Crippen molar-refractivity contribution in [2.24, 2.45) is 0 Å². The van der Waals surface area contributed by atoms with Crippen molar-refractivity contribution in [1.29, 1.82) is 0 Å². The second-order valence-corrected chi connectivity index (χ2v) is 5.93. The highest BCUT2D eigenvalue weighted by Crippen LogP contribution is 2.10. The first kappa shape index (κ1) is 20.9. The van der Waals surface area contributed by atoms with Crippen LogP contribution in [-0.2, 0) is 14.3 Å². The molecule has 0 radical (unpaired) electrons. The minimum absolute atomic E-state index is 0.0000236. The molecule has 4 nitrogen and oxygen atoms in total. The predicted octanol–water partition coefficient (Wildman–Crippen LogP) is 4.37. The van der Waals surface area contributed by atoms with Crippen LogP contribution in [0, 0.1) is 0 Å². The van der Waals surface area contributed by atoms with E-state index in [1.165, 1.54) is 44.9 Å². The number of carbonyl (C=O) groups is 2. The fourth-order valence-corrected chi connectivity index (χ4v) is 2.24. The van der Waals surface area contributed by atoms with Gasteiger partial charge >= 0.3 is 5.97 Å². The number of rotatable bonds is 15. The Hall–Kier alpha value is -1.06. The summed E-state index contributed by atoms with van der Waals surface area (Å²) in [6, 6.07) is 0. The zero-order chi connectivity index (χ0) is 16.5. The average Bonchev–Trinajstić information content (AvgIpc) is 2.51. The van der Waals surface area contributed by atoms with Gasteiger partial charge in [-0.05, 0) is 12.8 Å². The number of hydrogen-bond donors (Lipinski definition) is 1. The van der Waals surface area contributed by atoms with E-state index in [-0.39, 0.29) is 18.4 Å². The molecule has 130 valence electrons. The van der Waals surface area contributed by atoms with E-state index in [4.69, 9.17) is 4.74 Å². The van der Waals surface area contributed by atoms with E-state index in [1.807, 2.05) is 6.92 Å². The molecule has 0 unspecified atom stereocenters. The number of carbonyl (C=O) groups excluding carboxylic acids is 2. The molecule has 22 heavy (non-hydrogen) atoms. The molecule has 0 saturated heterocycles. The van der Waals surface area contributed by atoms with Crippen LogP contribution >= 0.6 is 0 Å². The lowest BCUT2D eigenvalue weighted by Gasteiger charge is -2.06. The number of unbranched alkanes of at least 4 members (excludes halogenated alkanes) is 9. The monoisotopic (exact) mass is 313 g/mol. The molecular formula is C18H35NO3. The van der Waals surface area contributed by atoms with E-state index in [9.17, 15) is 9.59 Å². The summed E-state index contributed by atoms with van der Waals surface area (Å²) in [5, 5.41) is 2.62. The lowest BCUT2D eigenvalue weighted by atomic mass is 10.1. The summed E-state index contributed by atoms with van der Waals surface area (Å²) in [5.74, 6) is -0.385. The lowest BCUT2D eigenvalue weighted by Crippen LogP contribution is -2.30. The smallest absolute Gasteiger partial charge is 0.325 e. The average molecular weight is 313 g/mol. The van der Waals surface area contributed by atoms with Crippen LogP contribution in [0.3, 0.4) is 0 Å². The molecule has 0 aliphatic carbocycles. The lowest BCUT2D eigenvalue weighted by molar-refractivity contribution is -0.144. The van der Waals surface area contributed by atoms with Crippen molar-refractivity contribution < 1.29 is 14.3 Å². The summed E-state index contributed by atoms with van der Waals surface area (Å²) in [4.78, 5) is 22.9. The van der Waals surface area contributed by atoms with E-state index in [0.717, 1.165) is 25.7 Å². The zero-order valence-corrected chi connectivity index (χ0v) is 14.6. The largest absolute Gasteiger partial charge is 0.464 e. The van der Waals surface area contributed by atoms with E-state index in [0.29, 0.717) is 13.0 Å². The third-order valence-electron chi connectivity index (χ3n) is 3.70. The van der Waals surface area contributed by atoms with Crippen LogP contribution in [0.15, 0.2) is 0 Å². The third-order valence-corrected chi connectivity index (χ3v) is 3.70. The highest BCUT2D eigenvalue weighted by atomic mass is 16.5. The first-order valence-electron chi connectivity index (χ1n) is 9.13. The SMILES string of the molecule is CCCCCCCCCCCC(=O)NCC(=O)OCCCC. The Bertz CT molecular complexity index is 280. The predicted molar refractivity (Wildman–Crippen MR) is 90.7 cm³/mol. The first-order chi connectivity index (χ1) is 10.7. The molecule has 0 aromatic carbocycles. The second-order valence-electron chi connectivity index (χ2n) is 5.93. The van der Waals surface area contributed by atoms with Crippen LogP contribution in [0.2, 0.25) is 0 Å². The maximum Gasteiger partial charge on any atom is 0.325 e. The van der Waals surface area contributed by atoms with Crippen LogP contribution in [0.1, 0.15) is 90.9 Å². The van der Waals surface area contributed by atoms with Crippen molar-refractivity contribution in [2.75, 3.05) is 13.2 Å². The minimum atomic E-state index is -0.339. The Morgan fingerprint density at radius 1 is 0.773 bits per heavy atom. The third kappa shape index (κ3) is 15.3. The Morgan fingerprint density at radius 2 is 1.32 bits per heavy atom. The van der Waals surface area contributed by atoms with E-state index in [2.05, 4.69) is 12.2 Å². The van der Waals surface area contributed by atoms with Crippen molar-refractivity contribution in [2.45, 2.75) is 90.9 Å². The topological polar surface area (TPSA) is 55.4 Å². The molecule has 0 fully saturated rings. The van der Waals surface area contributed by atoms with Crippen LogP contribution < -0.4 is 5.32 Å². The summed E-state index contributed by atoms with van der Waals surface area (Å²) in [6.07, 6.45) is 13.5. The molecule has 0 aromatic heterocycles. The molecule has 0 heterocycles. The van der Waals surface area contributed by atoms with Gasteiger partial charge < -0.3 is 10.1 Å². The molecule has 0 rings (SSSR count). The van der Waals surface area contributed by atoms with E-state index >= 15 is 0 Å². The van der Waals surface area contributed by atoms with Crippen LogP contribution in [0.5, 0.6) is 0 Å². The summed E-state index contributed by atoms with van der Waals surface area (Å²) in [5.41, 5.74) is 0. The Labute approximate surface area is 136 Å². The fourth-order valence-electron chi connectivity index (χ4n) is 2.24. The van der Waals surface area contributed by atoms with Gasteiger partial charge in [-0.25, -0.2) is 0 Å². The normalized spacial score (nSPS) is 10.5. The Kier molecular flexibility index (Phi) is 15.5. The van der Waals surface area contributed by atoms with Gasteiger partial charge in [-0.1, -0.05) is 71.6 Å². The van der Waals surface area contributed by atoms with Crippen LogP contribution in [-0.4, -0.2) is 25.0 Å². The minimum Gasteiger partial charge on any atom is -0.464 e. The molecule has 0 atom stereocenters. The van der Waals surface area contributed by atoms with E-state index in [1.54, 1.807) is 0 Å². The number of nitrogens with one attached hydrogen (secondary N) is 1. The highest BCUT2D eigenvalue weighted by Gasteiger charge is 2.06. The molecule has 0 aliphatic rings. The van der Waals surface area contributed by atoms with Gasteiger partial charge in [0.2, 0.25) is 5.91 Å². The molecule has 4 heteroatoms. The van der Waals surface area contributed by atoms with Crippen LogP contribution in [0.4, 0.5) is 0 Å². The highest BCUT2D eigenvalue weighted by molar-refractivity contribution is 5.81. The maximum atomic E-state index is 11.6. The van der Waals surface area contributed by atoms with Gasteiger partial charge in [0.1, 0.15) is 6.54 Å². The number of esters is 1. The molecule has 0 saturated carbocycles. The van der Waals surface area contributed by atoms with Gasteiger partial charge in [-0.3, -0.25) is 9.59 Å². The quantitative estimate of drug-likeness (QED) is 0.361. The molecule has 0 aromatic rings. The van der Waals surface area contributed by atoms with Crippen molar-refractivity contribution in [3.8, 4) is 0 Å². The number of ether oxygens (including phenoxy) is 1. The summed E-state index contributed by atoms with van der Waals surface area (Å²) in [7, 11) is 0. The van der Waals surface area contributed by atoms with Gasteiger partial charge in [0.15, 0.2) is 0 Å². The van der Waals surface area contributed by atoms with Crippen LogP contribution in [0.25, 0.3) is 0 Å². The van der Waals surface area contributed by atoms with Crippen molar-refractivity contribution in [1.82, 2.24) is 5.32 Å². The van der Waals surface area contributed by atoms with Crippen molar-refractivity contribution >= 4 is 11.9 Å². The maximum absolute atomic E-state index is 11.6. The van der Waals surface area contributed by atoms with Gasteiger partial charge in [-0.2, -0.15) is 0 Å². The zero-order valence-electron chi connectivity index (χ0n) is 14.6. The Balaban J connectivity index is 3.30. The van der Waals surface area contributed by atoms with Gasteiger partial charge in [-0.15, -0.1) is 0 Å². The summed E-state index contributed by atoms with van der Waals surface area (Å²) in [6.45, 7) is 4.72. The van der Waals surface area contributed by atoms with Crippen molar-refractivity contribution in [3.05, 3.63) is 0 Å².